The molecule has 0 spiro atoms. The molecule has 2 aromatic heterocycles. The third-order valence-corrected chi connectivity index (χ3v) is 3.68. The first-order chi connectivity index (χ1) is 8.19. The van der Waals surface area contributed by atoms with Crippen LogP contribution in [0.25, 0.3) is 5.52 Å². The number of hydrogen-bond donors (Lipinski definition) is 0. The second kappa shape index (κ2) is 3.81. The van der Waals surface area contributed by atoms with Crippen LogP contribution in [0, 0.1) is 6.92 Å². The molecule has 4 nitrogen and oxygen atoms in total. The largest absolute Gasteiger partial charge is 0.381 e. The molecule has 0 unspecified atom stereocenters. The van der Waals surface area contributed by atoms with E-state index in [0.29, 0.717) is 0 Å². The molecule has 1 saturated heterocycles. The van der Waals surface area contributed by atoms with E-state index in [9.17, 15) is 0 Å². The van der Waals surface area contributed by atoms with Gasteiger partial charge in [0.25, 0.3) is 0 Å². The number of imidazole rings is 1. The van der Waals surface area contributed by atoms with Gasteiger partial charge in [0.1, 0.15) is 5.82 Å². The lowest BCUT2D eigenvalue weighted by Gasteiger charge is -2.32. The van der Waals surface area contributed by atoms with Crippen LogP contribution in [-0.2, 0) is 10.2 Å². The number of aryl methyl sites for hydroxylation is 1. The predicted molar refractivity (Wildman–Crippen MR) is 65.1 cm³/mol. The van der Waals surface area contributed by atoms with Crippen LogP contribution < -0.4 is 0 Å². The van der Waals surface area contributed by atoms with E-state index in [-0.39, 0.29) is 5.41 Å². The van der Waals surface area contributed by atoms with Crippen LogP contribution >= 0.6 is 0 Å². The quantitative estimate of drug-likeness (QED) is 0.754. The molecule has 0 aromatic carbocycles. The summed E-state index contributed by atoms with van der Waals surface area (Å²) in [4.78, 5) is 8.90. The Labute approximate surface area is 101 Å². The summed E-state index contributed by atoms with van der Waals surface area (Å²) < 4.78 is 7.62. The molecule has 2 aromatic rings. The molecule has 3 rings (SSSR count). The number of fused-ring (bicyclic) bond motifs is 1. The van der Waals surface area contributed by atoms with Gasteiger partial charge in [-0.1, -0.05) is 6.92 Å². The molecule has 0 saturated carbocycles. The van der Waals surface area contributed by atoms with E-state index in [1.165, 1.54) is 0 Å². The summed E-state index contributed by atoms with van der Waals surface area (Å²) in [5.74, 6) is 1.14. The van der Waals surface area contributed by atoms with Crippen LogP contribution in [0.5, 0.6) is 0 Å². The first-order valence-electron chi connectivity index (χ1n) is 6.07. The molecule has 0 bridgehead atoms. The fraction of sp³-hybridized carbons (Fsp3) is 0.538. The van der Waals surface area contributed by atoms with Crippen molar-refractivity contribution in [2.75, 3.05) is 13.2 Å². The van der Waals surface area contributed by atoms with E-state index in [2.05, 4.69) is 27.5 Å². The van der Waals surface area contributed by atoms with Gasteiger partial charge in [0.15, 0.2) is 0 Å². The second-order valence-corrected chi connectivity index (χ2v) is 5.08. The molecule has 1 aliphatic rings. The summed E-state index contributed by atoms with van der Waals surface area (Å²) in [7, 11) is 0. The maximum atomic E-state index is 5.45. The fourth-order valence-electron chi connectivity index (χ4n) is 2.49. The molecule has 0 aliphatic carbocycles. The summed E-state index contributed by atoms with van der Waals surface area (Å²) in [6, 6.07) is 0. The van der Waals surface area contributed by atoms with Crippen LogP contribution in [0.3, 0.4) is 0 Å². The van der Waals surface area contributed by atoms with Crippen molar-refractivity contribution in [3.63, 3.8) is 0 Å². The monoisotopic (exact) mass is 231 g/mol. The molecule has 4 heteroatoms. The zero-order valence-electron chi connectivity index (χ0n) is 10.3. The Morgan fingerprint density at radius 2 is 1.94 bits per heavy atom. The number of rotatable bonds is 1. The van der Waals surface area contributed by atoms with Gasteiger partial charge in [0, 0.05) is 24.8 Å². The van der Waals surface area contributed by atoms with Gasteiger partial charge in [0.2, 0.25) is 0 Å². The Morgan fingerprint density at radius 1 is 1.24 bits per heavy atom. The normalized spacial score (nSPS) is 19.6. The molecule has 0 N–H and O–H groups in total. The first kappa shape index (κ1) is 10.7. The smallest absolute Gasteiger partial charge is 0.119 e. The minimum atomic E-state index is 0.123. The Kier molecular flexibility index (Phi) is 2.40. The zero-order chi connectivity index (χ0) is 11.9. The average Bonchev–Trinajstić information content (AvgIpc) is 2.73. The van der Waals surface area contributed by atoms with E-state index >= 15 is 0 Å². The van der Waals surface area contributed by atoms with Gasteiger partial charge < -0.3 is 4.74 Å². The fourth-order valence-corrected chi connectivity index (χ4v) is 2.49. The number of nitrogens with zero attached hydrogens (tertiary/aromatic N) is 3. The van der Waals surface area contributed by atoms with E-state index < -0.39 is 0 Å². The third-order valence-electron chi connectivity index (χ3n) is 3.68. The standard InChI is InChI=1S/C13H17N3O/c1-10-9-16-11(7-14-10)8-15-12(16)13(2)3-5-17-6-4-13/h7-9H,3-6H2,1-2H3. The number of aromatic nitrogens is 3. The van der Waals surface area contributed by atoms with Crippen LogP contribution in [0.4, 0.5) is 0 Å². The molecular weight excluding hydrogens is 214 g/mol. The van der Waals surface area contributed by atoms with Crippen molar-refractivity contribution in [3.05, 3.63) is 30.1 Å². The predicted octanol–water partition coefficient (Wildman–Crippen LogP) is 2.11. The maximum Gasteiger partial charge on any atom is 0.119 e. The topological polar surface area (TPSA) is 39.4 Å². The molecule has 0 amide bonds. The highest BCUT2D eigenvalue weighted by molar-refractivity contribution is 5.45. The van der Waals surface area contributed by atoms with E-state index in [1.807, 2.05) is 19.3 Å². The molecule has 0 radical (unpaired) electrons. The van der Waals surface area contributed by atoms with Gasteiger partial charge in [0.05, 0.1) is 23.6 Å². The summed E-state index contributed by atoms with van der Waals surface area (Å²) in [6.07, 6.45) is 7.93. The minimum Gasteiger partial charge on any atom is -0.381 e. The maximum absolute atomic E-state index is 5.45. The number of hydrogen-bond acceptors (Lipinski definition) is 3. The molecular formula is C13H17N3O. The lowest BCUT2D eigenvalue weighted by molar-refractivity contribution is 0.0533. The van der Waals surface area contributed by atoms with Gasteiger partial charge in [-0.15, -0.1) is 0 Å². The Bertz CT molecular complexity index is 541. The minimum absolute atomic E-state index is 0.123. The van der Waals surface area contributed by atoms with E-state index in [1.54, 1.807) is 0 Å². The molecule has 1 fully saturated rings. The van der Waals surface area contributed by atoms with Crippen molar-refractivity contribution in [2.45, 2.75) is 32.1 Å². The van der Waals surface area contributed by atoms with Gasteiger partial charge in [-0.05, 0) is 19.8 Å². The highest BCUT2D eigenvalue weighted by Gasteiger charge is 2.33. The van der Waals surface area contributed by atoms with Crippen molar-refractivity contribution in [1.29, 1.82) is 0 Å². The lowest BCUT2D eigenvalue weighted by Crippen LogP contribution is -2.32. The molecule has 0 atom stereocenters. The lowest BCUT2D eigenvalue weighted by atomic mass is 9.81. The Hall–Kier alpha value is -1.42. The molecule has 3 heterocycles. The second-order valence-electron chi connectivity index (χ2n) is 5.08. The summed E-state index contributed by atoms with van der Waals surface area (Å²) in [5, 5.41) is 0. The van der Waals surface area contributed by atoms with E-state index in [4.69, 9.17) is 4.74 Å². The molecule has 90 valence electrons. The number of ether oxygens (including phenoxy) is 1. The van der Waals surface area contributed by atoms with Crippen LogP contribution in [0.2, 0.25) is 0 Å². The zero-order valence-corrected chi connectivity index (χ0v) is 10.3. The van der Waals surface area contributed by atoms with Crippen LogP contribution in [0.15, 0.2) is 18.6 Å². The van der Waals surface area contributed by atoms with Crippen molar-refractivity contribution in [3.8, 4) is 0 Å². The average molecular weight is 231 g/mol. The third kappa shape index (κ3) is 1.72. The molecule has 1 aliphatic heterocycles. The summed E-state index contributed by atoms with van der Waals surface area (Å²) >= 11 is 0. The van der Waals surface area contributed by atoms with Gasteiger partial charge in [-0.3, -0.25) is 9.38 Å². The van der Waals surface area contributed by atoms with Crippen LogP contribution in [-0.4, -0.2) is 27.6 Å². The SMILES string of the molecule is Cc1cn2c(C3(C)CCOCC3)ncc2cn1. The van der Waals surface area contributed by atoms with Crippen molar-refractivity contribution >= 4 is 5.52 Å². The Balaban J connectivity index is 2.13. The van der Waals surface area contributed by atoms with Crippen molar-refractivity contribution in [1.82, 2.24) is 14.4 Å². The first-order valence-corrected chi connectivity index (χ1v) is 6.07. The molecule has 17 heavy (non-hydrogen) atoms. The van der Waals surface area contributed by atoms with Crippen molar-refractivity contribution in [2.24, 2.45) is 0 Å². The van der Waals surface area contributed by atoms with E-state index in [0.717, 1.165) is 43.1 Å². The van der Waals surface area contributed by atoms with Crippen LogP contribution in [0.1, 0.15) is 31.3 Å². The van der Waals surface area contributed by atoms with Gasteiger partial charge in [-0.25, -0.2) is 4.98 Å². The van der Waals surface area contributed by atoms with Gasteiger partial charge in [-0.2, -0.15) is 0 Å². The summed E-state index contributed by atoms with van der Waals surface area (Å²) in [5.41, 5.74) is 2.21. The van der Waals surface area contributed by atoms with Gasteiger partial charge >= 0.3 is 0 Å². The Morgan fingerprint density at radius 3 is 2.71 bits per heavy atom. The summed E-state index contributed by atoms with van der Waals surface area (Å²) in [6.45, 7) is 5.94. The highest BCUT2D eigenvalue weighted by atomic mass is 16.5. The highest BCUT2D eigenvalue weighted by Crippen LogP contribution is 2.33. The van der Waals surface area contributed by atoms with Crippen molar-refractivity contribution < 1.29 is 4.74 Å².